The van der Waals surface area contributed by atoms with Gasteiger partial charge in [-0.2, -0.15) is 0 Å². The van der Waals surface area contributed by atoms with Crippen molar-refractivity contribution >= 4 is 10.9 Å². The molecule has 0 saturated heterocycles. The van der Waals surface area contributed by atoms with Crippen LogP contribution in [0.3, 0.4) is 0 Å². The number of fused-ring (bicyclic) bond motifs is 1. The summed E-state index contributed by atoms with van der Waals surface area (Å²) in [5, 5.41) is 1.26. The highest BCUT2D eigenvalue weighted by molar-refractivity contribution is 5.92. The summed E-state index contributed by atoms with van der Waals surface area (Å²) in [4.78, 5) is 3.65. The SMILES string of the molecule is CCOc1ccc2[nH]c(-c3ccc(C)cc3C)c(CCCCN)c2c1. The fourth-order valence-electron chi connectivity index (χ4n) is 3.51. The van der Waals surface area contributed by atoms with Gasteiger partial charge in [0, 0.05) is 22.2 Å². The second-order valence-electron chi connectivity index (χ2n) is 6.68. The summed E-state index contributed by atoms with van der Waals surface area (Å²) in [5.41, 5.74) is 13.4. The average molecular weight is 336 g/mol. The van der Waals surface area contributed by atoms with Gasteiger partial charge in [-0.25, -0.2) is 0 Å². The first-order valence-electron chi connectivity index (χ1n) is 9.19. The van der Waals surface area contributed by atoms with Crippen LogP contribution < -0.4 is 10.5 Å². The molecule has 0 unspecified atom stereocenters. The fourth-order valence-corrected chi connectivity index (χ4v) is 3.51. The van der Waals surface area contributed by atoms with E-state index < -0.39 is 0 Å². The molecule has 0 aliphatic carbocycles. The van der Waals surface area contributed by atoms with Crippen molar-refractivity contribution < 1.29 is 4.74 Å². The molecule has 0 saturated carbocycles. The number of nitrogens with two attached hydrogens (primary N) is 1. The third-order valence-corrected chi connectivity index (χ3v) is 4.72. The van der Waals surface area contributed by atoms with Crippen LogP contribution >= 0.6 is 0 Å². The van der Waals surface area contributed by atoms with Crippen molar-refractivity contribution in [1.82, 2.24) is 4.98 Å². The number of aromatic nitrogens is 1. The summed E-state index contributed by atoms with van der Waals surface area (Å²) < 4.78 is 5.72. The Morgan fingerprint density at radius 1 is 1.04 bits per heavy atom. The van der Waals surface area contributed by atoms with Crippen LogP contribution in [0.25, 0.3) is 22.2 Å². The van der Waals surface area contributed by atoms with E-state index in [0.29, 0.717) is 6.61 Å². The van der Waals surface area contributed by atoms with Crippen molar-refractivity contribution in [3.8, 4) is 17.0 Å². The molecule has 25 heavy (non-hydrogen) atoms. The number of hydrogen-bond donors (Lipinski definition) is 2. The number of H-pyrrole nitrogens is 1. The Kier molecular flexibility index (Phi) is 5.44. The predicted octanol–water partition coefficient (Wildman–Crippen LogP) is 5.13. The van der Waals surface area contributed by atoms with Gasteiger partial charge in [-0.05, 0) is 75.9 Å². The van der Waals surface area contributed by atoms with Crippen molar-refractivity contribution in [2.45, 2.75) is 40.0 Å². The third kappa shape index (κ3) is 3.72. The lowest BCUT2D eigenvalue weighted by molar-refractivity contribution is 0.340. The van der Waals surface area contributed by atoms with E-state index in [2.05, 4.69) is 49.2 Å². The maximum Gasteiger partial charge on any atom is 0.120 e. The normalized spacial score (nSPS) is 11.2. The van der Waals surface area contributed by atoms with Gasteiger partial charge in [0.1, 0.15) is 5.75 Å². The lowest BCUT2D eigenvalue weighted by atomic mass is 9.96. The Balaban J connectivity index is 2.13. The van der Waals surface area contributed by atoms with Crippen LogP contribution in [0.2, 0.25) is 0 Å². The molecule has 3 heteroatoms. The molecule has 1 heterocycles. The molecule has 0 aliphatic heterocycles. The van der Waals surface area contributed by atoms with Crippen LogP contribution in [0.4, 0.5) is 0 Å². The van der Waals surface area contributed by atoms with E-state index >= 15 is 0 Å². The number of unbranched alkanes of at least 4 members (excludes halogenated alkanes) is 1. The van der Waals surface area contributed by atoms with Crippen molar-refractivity contribution in [3.63, 3.8) is 0 Å². The Hall–Kier alpha value is -2.26. The second kappa shape index (κ2) is 7.75. The lowest BCUT2D eigenvalue weighted by Crippen LogP contribution is -1.99. The molecule has 0 atom stereocenters. The smallest absolute Gasteiger partial charge is 0.120 e. The van der Waals surface area contributed by atoms with Gasteiger partial charge in [0.15, 0.2) is 0 Å². The molecule has 132 valence electrons. The van der Waals surface area contributed by atoms with Gasteiger partial charge in [0.2, 0.25) is 0 Å². The lowest BCUT2D eigenvalue weighted by Gasteiger charge is -2.09. The molecule has 0 fully saturated rings. The van der Waals surface area contributed by atoms with Crippen LogP contribution in [-0.4, -0.2) is 18.1 Å². The topological polar surface area (TPSA) is 51.0 Å². The quantitative estimate of drug-likeness (QED) is 0.588. The van der Waals surface area contributed by atoms with Crippen molar-refractivity contribution in [2.75, 3.05) is 13.2 Å². The van der Waals surface area contributed by atoms with Gasteiger partial charge in [0.25, 0.3) is 0 Å². The minimum Gasteiger partial charge on any atom is -0.494 e. The molecule has 3 rings (SSSR count). The molecule has 3 aromatic rings. The van der Waals surface area contributed by atoms with Crippen LogP contribution in [-0.2, 0) is 6.42 Å². The molecule has 0 amide bonds. The van der Waals surface area contributed by atoms with E-state index in [1.165, 1.54) is 38.9 Å². The molecule has 0 radical (unpaired) electrons. The van der Waals surface area contributed by atoms with E-state index in [0.717, 1.165) is 31.6 Å². The molecule has 0 spiro atoms. The molecule has 1 aromatic heterocycles. The average Bonchev–Trinajstić information content (AvgIpc) is 2.93. The summed E-state index contributed by atoms with van der Waals surface area (Å²) in [7, 11) is 0. The summed E-state index contributed by atoms with van der Waals surface area (Å²) in [6.07, 6.45) is 3.17. The molecule has 0 bridgehead atoms. The Morgan fingerprint density at radius 2 is 1.88 bits per heavy atom. The zero-order chi connectivity index (χ0) is 17.8. The minimum absolute atomic E-state index is 0.683. The zero-order valence-electron chi connectivity index (χ0n) is 15.5. The Bertz CT molecular complexity index is 864. The van der Waals surface area contributed by atoms with Gasteiger partial charge in [-0.15, -0.1) is 0 Å². The first kappa shape index (κ1) is 17.6. The zero-order valence-corrected chi connectivity index (χ0v) is 15.5. The molecule has 2 aromatic carbocycles. The van der Waals surface area contributed by atoms with Crippen LogP contribution in [0.5, 0.6) is 5.75 Å². The molecular formula is C22H28N2O. The fraction of sp³-hybridized carbons (Fsp3) is 0.364. The maximum atomic E-state index is 5.72. The van der Waals surface area contributed by atoms with E-state index in [1.807, 2.05) is 13.0 Å². The molecule has 3 N–H and O–H groups in total. The number of aromatic amines is 1. The largest absolute Gasteiger partial charge is 0.494 e. The van der Waals surface area contributed by atoms with Crippen molar-refractivity contribution in [1.29, 1.82) is 0 Å². The highest BCUT2D eigenvalue weighted by Gasteiger charge is 2.15. The summed E-state index contributed by atoms with van der Waals surface area (Å²) in [5.74, 6) is 0.932. The number of rotatable bonds is 7. The van der Waals surface area contributed by atoms with Crippen LogP contribution in [0, 0.1) is 13.8 Å². The van der Waals surface area contributed by atoms with Gasteiger partial charge >= 0.3 is 0 Å². The Morgan fingerprint density at radius 3 is 2.60 bits per heavy atom. The highest BCUT2D eigenvalue weighted by Crippen LogP contribution is 2.35. The van der Waals surface area contributed by atoms with E-state index in [9.17, 15) is 0 Å². The molecule has 0 aliphatic rings. The maximum absolute atomic E-state index is 5.72. The monoisotopic (exact) mass is 336 g/mol. The van der Waals surface area contributed by atoms with Crippen LogP contribution in [0.1, 0.15) is 36.5 Å². The Labute approximate surface area is 150 Å². The first-order chi connectivity index (χ1) is 12.1. The molecule has 3 nitrogen and oxygen atoms in total. The predicted molar refractivity (Wildman–Crippen MR) is 106 cm³/mol. The number of nitrogens with one attached hydrogen (secondary N) is 1. The summed E-state index contributed by atoms with van der Waals surface area (Å²) >= 11 is 0. The van der Waals surface area contributed by atoms with Gasteiger partial charge in [0.05, 0.1) is 6.61 Å². The number of benzene rings is 2. The molecular weight excluding hydrogens is 308 g/mol. The van der Waals surface area contributed by atoms with Gasteiger partial charge in [-0.1, -0.05) is 23.8 Å². The number of ether oxygens (including phenoxy) is 1. The number of hydrogen-bond acceptors (Lipinski definition) is 2. The first-order valence-corrected chi connectivity index (χ1v) is 9.19. The van der Waals surface area contributed by atoms with Crippen LogP contribution in [0.15, 0.2) is 36.4 Å². The second-order valence-corrected chi connectivity index (χ2v) is 6.68. The van der Waals surface area contributed by atoms with Gasteiger partial charge < -0.3 is 15.5 Å². The summed E-state index contributed by atoms with van der Waals surface area (Å²) in [6.45, 7) is 7.76. The summed E-state index contributed by atoms with van der Waals surface area (Å²) in [6, 6.07) is 13.0. The highest BCUT2D eigenvalue weighted by atomic mass is 16.5. The van der Waals surface area contributed by atoms with E-state index in [1.54, 1.807) is 0 Å². The van der Waals surface area contributed by atoms with Gasteiger partial charge in [-0.3, -0.25) is 0 Å². The standard InChI is InChI=1S/C22H28N2O/c1-4-25-17-9-11-21-20(14-17)19(7-5-6-12-23)22(24-21)18-10-8-15(2)13-16(18)3/h8-11,13-14,24H,4-7,12,23H2,1-3H3. The van der Waals surface area contributed by atoms with Crippen molar-refractivity contribution in [2.24, 2.45) is 5.73 Å². The van der Waals surface area contributed by atoms with E-state index in [4.69, 9.17) is 10.5 Å². The van der Waals surface area contributed by atoms with E-state index in [-0.39, 0.29) is 0 Å². The third-order valence-electron chi connectivity index (χ3n) is 4.72. The van der Waals surface area contributed by atoms with Crippen molar-refractivity contribution in [3.05, 3.63) is 53.1 Å². The number of aryl methyl sites for hydroxylation is 3. The minimum atomic E-state index is 0.683.